The number of hydrogen-bond acceptors (Lipinski definition) is 4. The molecule has 0 saturated heterocycles. The monoisotopic (exact) mass is 378 g/mol. The number of rotatable bonds is 7. The summed E-state index contributed by atoms with van der Waals surface area (Å²) < 4.78 is 1.50. The van der Waals surface area contributed by atoms with Gasteiger partial charge in [-0.3, -0.25) is 14.2 Å². The van der Waals surface area contributed by atoms with E-state index in [1.807, 2.05) is 51.4 Å². The van der Waals surface area contributed by atoms with E-state index in [9.17, 15) is 9.59 Å². The molecule has 0 spiro atoms. The van der Waals surface area contributed by atoms with E-state index in [1.165, 1.54) is 16.5 Å². The molecule has 0 saturated carbocycles. The van der Waals surface area contributed by atoms with Crippen LogP contribution in [0.1, 0.15) is 23.1 Å². The molecule has 0 aliphatic heterocycles. The normalized spacial score (nSPS) is 11.1. The number of fused-ring (bicyclic) bond motifs is 1. The second kappa shape index (κ2) is 8.80. The fourth-order valence-electron chi connectivity index (χ4n) is 3.23. The molecule has 1 amide bonds. The van der Waals surface area contributed by atoms with Crippen molar-refractivity contribution in [2.75, 3.05) is 14.1 Å². The van der Waals surface area contributed by atoms with Crippen molar-refractivity contribution >= 4 is 16.8 Å². The molecular formula is C22H26N4O2. The highest BCUT2D eigenvalue weighted by molar-refractivity contribution is 5.80. The molecule has 146 valence electrons. The van der Waals surface area contributed by atoms with Crippen molar-refractivity contribution < 1.29 is 4.79 Å². The number of benzene rings is 2. The summed E-state index contributed by atoms with van der Waals surface area (Å²) >= 11 is 0. The molecule has 3 aromatic rings. The van der Waals surface area contributed by atoms with Crippen LogP contribution in [0, 0.1) is 6.92 Å². The maximum absolute atomic E-state index is 12.6. The minimum absolute atomic E-state index is 0.0871. The van der Waals surface area contributed by atoms with Gasteiger partial charge in [0, 0.05) is 26.1 Å². The molecule has 6 heteroatoms. The molecule has 0 radical (unpaired) electrons. The van der Waals surface area contributed by atoms with Crippen LogP contribution in [0.4, 0.5) is 0 Å². The van der Waals surface area contributed by atoms with Gasteiger partial charge in [0.2, 0.25) is 5.91 Å². The first-order valence-corrected chi connectivity index (χ1v) is 9.38. The highest BCUT2D eigenvalue weighted by atomic mass is 16.1. The zero-order valence-corrected chi connectivity index (χ0v) is 16.6. The van der Waals surface area contributed by atoms with E-state index in [0.29, 0.717) is 24.0 Å². The van der Waals surface area contributed by atoms with Crippen LogP contribution >= 0.6 is 0 Å². The smallest absolute Gasteiger partial charge is 0.261 e. The van der Waals surface area contributed by atoms with Crippen molar-refractivity contribution in [2.24, 2.45) is 0 Å². The average molecular weight is 378 g/mol. The zero-order valence-electron chi connectivity index (χ0n) is 16.6. The van der Waals surface area contributed by atoms with Gasteiger partial charge in [0.25, 0.3) is 5.56 Å². The molecule has 28 heavy (non-hydrogen) atoms. The Balaban J connectivity index is 1.62. The quantitative estimate of drug-likeness (QED) is 0.686. The predicted molar refractivity (Wildman–Crippen MR) is 111 cm³/mol. The number of hydrogen-bond donors (Lipinski definition) is 1. The van der Waals surface area contributed by atoms with Gasteiger partial charge in [0.1, 0.15) is 0 Å². The summed E-state index contributed by atoms with van der Waals surface area (Å²) in [7, 11) is 4.04. The Morgan fingerprint density at radius 2 is 1.86 bits per heavy atom. The molecule has 2 aromatic carbocycles. The van der Waals surface area contributed by atoms with Crippen molar-refractivity contribution in [3.8, 4) is 0 Å². The molecule has 1 heterocycles. The van der Waals surface area contributed by atoms with Crippen LogP contribution in [0.15, 0.2) is 53.6 Å². The lowest BCUT2D eigenvalue weighted by molar-refractivity contribution is -0.121. The molecule has 0 bridgehead atoms. The van der Waals surface area contributed by atoms with Crippen molar-refractivity contribution in [1.29, 1.82) is 0 Å². The van der Waals surface area contributed by atoms with Crippen LogP contribution in [0.5, 0.6) is 0 Å². The van der Waals surface area contributed by atoms with E-state index in [2.05, 4.69) is 21.3 Å². The van der Waals surface area contributed by atoms with E-state index in [-0.39, 0.29) is 17.9 Å². The largest absolute Gasteiger partial charge is 0.352 e. The van der Waals surface area contributed by atoms with Gasteiger partial charge >= 0.3 is 0 Å². The number of nitrogens with zero attached hydrogens (tertiary/aromatic N) is 3. The summed E-state index contributed by atoms with van der Waals surface area (Å²) in [4.78, 5) is 31.4. The Morgan fingerprint density at radius 1 is 1.11 bits per heavy atom. The summed E-state index contributed by atoms with van der Waals surface area (Å²) in [6.07, 6.45) is 1.76. The van der Waals surface area contributed by atoms with Crippen molar-refractivity contribution in [1.82, 2.24) is 19.8 Å². The molecular weight excluding hydrogens is 352 g/mol. The van der Waals surface area contributed by atoms with Gasteiger partial charge in [-0.05, 0) is 43.8 Å². The van der Waals surface area contributed by atoms with Crippen LogP contribution in [0.2, 0.25) is 0 Å². The fraction of sp³-hybridized carbons (Fsp3) is 0.318. The summed E-state index contributed by atoms with van der Waals surface area (Å²) in [5.41, 5.74) is 3.86. The lowest BCUT2D eigenvalue weighted by atomic mass is 10.1. The number of carbonyl (C=O) groups excluding carboxylic acids is 1. The van der Waals surface area contributed by atoms with Crippen LogP contribution in [-0.2, 0) is 24.4 Å². The van der Waals surface area contributed by atoms with Gasteiger partial charge in [0.05, 0.1) is 17.2 Å². The zero-order chi connectivity index (χ0) is 20.1. The molecule has 1 N–H and O–H groups in total. The Hall–Kier alpha value is -2.99. The third-order valence-electron chi connectivity index (χ3n) is 4.72. The molecule has 1 aromatic heterocycles. The van der Waals surface area contributed by atoms with Gasteiger partial charge in [-0.1, -0.05) is 36.4 Å². The molecule has 0 aliphatic carbocycles. The van der Waals surface area contributed by atoms with Crippen LogP contribution in [0.25, 0.3) is 10.9 Å². The number of carbonyl (C=O) groups is 1. The first-order valence-electron chi connectivity index (χ1n) is 9.38. The topological polar surface area (TPSA) is 67.2 Å². The maximum atomic E-state index is 12.6. The molecule has 0 fully saturated rings. The van der Waals surface area contributed by atoms with E-state index < -0.39 is 0 Å². The summed E-state index contributed by atoms with van der Waals surface area (Å²) in [6, 6.07) is 13.6. The highest BCUT2D eigenvalue weighted by Crippen LogP contribution is 2.12. The molecule has 3 rings (SSSR count). The van der Waals surface area contributed by atoms with E-state index in [0.717, 1.165) is 17.7 Å². The minimum Gasteiger partial charge on any atom is -0.352 e. The Morgan fingerprint density at radius 3 is 2.61 bits per heavy atom. The van der Waals surface area contributed by atoms with Crippen LogP contribution in [-0.4, -0.2) is 34.5 Å². The van der Waals surface area contributed by atoms with E-state index >= 15 is 0 Å². The number of aryl methyl sites for hydroxylation is 2. The first kappa shape index (κ1) is 19.8. The summed E-state index contributed by atoms with van der Waals surface area (Å²) in [5.74, 6) is -0.0871. The predicted octanol–water partition coefficient (Wildman–Crippen LogP) is 2.47. The standard InChI is InChI=1S/C22H26N4O2/c1-16-7-6-10-19-21(16)24-15-26(22(19)28)12-11-20(27)23-13-17-8-4-5-9-18(17)14-25(2)3/h4-10,15H,11-14H2,1-3H3,(H,23,27). The van der Waals surface area contributed by atoms with E-state index in [1.54, 1.807) is 6.07 Å². The van der Waals surface area contributed by atoms with Gasteiger partial charge in [-0.25, -0.2) is 4.98 Å². The Kier molecular flexibility index (Phi) is 6.21. The third kappa shape index (κ3) is 4.64. The second-order valence-corrected chi connectivity index (χ2v) is 7.25. The average Bonchev–Trinajstić information content (AvgIpc) is 2.67. The number of aromatic nitrogens is 2. The van der Waals surface area contributed by atoms with E-state index in [4.69, 9.17) is 0 Å². The Bertz CT molecular complexity index is 1040. The van der Waals surface area contributed by atoms with Crippen LogP contribution < -0.4 is 10.9 Å². The first-order chi connectivity index (χ1) is 13.5. The number of amides is 1. The second-order valence-electron chi connectivity index (χ2n) is 7.25. The van der Waals surface area contributed by atoms with Crippen molar-refractivity contribution in [3.05, 3.63) is 75.8 Å². The number of para-hydroxylation sites is 1. The molecule has 0 unspecified atom stereocenters. The molecule has 0 atom stereocenters. The summed E-state index contributed by atoms with van der Waals surface area (Å²) in [5, 5.41) is 3.54. The van der Waals surface area contributed by atoms with Crippen molar-refractivity contribution in [2.45, 2.75) is 33.0 Å². The lowest BCUT2D eigenvalue weighted by Crippen LogP contribution is -2.28. The highest BCUT2D eigenvalue weighted by Gasteiger charge is 2.09. The molecule has 6 nitrogen and oxygen atoms in total. The third-order valence-corrected chi connectivity index (χ3v) is 4.72. The Labute approximate surface area is 164 Å². The SMILES string of the molecule is Cc1cccc2c(=O)n(CCC(=O)NCc3ccccc3CN(C)C)cnc12. The fourth-order valence-corrected chi connectivity index (χ4v) is 3.23. The van der Waals surface area contributed by atoms with Gasteiger partial charge in [-0.15, -0.1) is 0 Å². The molecule has 0 aliphatic rings. The lowest BCUT2D eigenvalue weighted by Gasteiger charge is -2.14. The van der Waals surface area contributed by atoms with Gasteiger partial charge in [0.15, 0.2) is 0 Å². The van der Waals surface area contributed by atoms with Gasteiger partial charge in [-0.2, -0.15) is 0 Å². The number of nitrogens with one attached hydrogen (secondary N) is 1. The van der Waals surface area contributed by atoms with Gasteiger partial charge < -0.3 is 10.2 Å². The minimum atomic E-state index is -0.113. The summed E-state index contributed by atoms with van der Waals surface area (Å²) in [6.45, 7) is 3.54. The maximum Gasteiger partial charge on any atom is 0.261 e. The van der Waals surface area contributed by atoms with Crippen molar-refractivity contribution in [3.63, 3.8) is 0 Å². The van der Waals surface area contributed by atoms with Crippen LogP contribution in [0.3, 0.4) is 0 Å².